The smallest absolute Gasteiger partial charge is 0.278 e. The molecule has 0 N–H and O–H groups in total. The van der Waals surface area contributed by atoms with Gasteiger partial charge in [0.1, 0.15) is 11.5 Å². The number of ether oxygens (including phenoxy) is 2. The molecule has 0 unspecified atom stereocenters. The van der Waals surface area contributed by atoms with Gasteiger partial charge < -0.3 is 9.47 Å². The SMILES string of the molecule is CCOc1ccc(N(C(=O)COc2c(C)cccc2C)S(=O)(=O)c2ccc(C)cc2)cc1. The van der Waals surface area contributed by atoms with E-state index in [9.17, 15) is 13.2 Å². The first kappa shape index (κ1) is 23.3. The fourth-order valence-corrected chi connectivity index (χ4v) is 4.71. The molecule has 0 atom stereocenters. The number of carbonyl (C=O) groups is 1. The Kier molecular flexibility index (Phi) is 7.20. The first-order chi connectivity index (χ1) is 15.2. The summed E-state index contributed by atoms with van der Waals surface area (Å²) in [5.74, 6) is 0.459. The molecular formula is C25H27NO5S. The van der Waals surface area contributed by atoms with Crippen LogP contribution in [0.2, 0.25) is 0 Å². The molecule has 1 amide bonds. The standard InChI is InChI=1S/C25H27NO5S/c1-5-30-22-13-11-21(12-14-22)26(32(28,29)23-15-9-18(2)10-16-23)24(27)17-31-25-19(3)7-6-8-20(25)4/h6-16H,5,17H2,1-4H3. The molecule has 6 nitrogen and oxygen atoms in total. The lowest BCUT2D eigenvalue weighted by atomic mass is 10.1. The molecule has 0 radical (unpaired) electrons. The summed E-state index contributed by atoms with van der Waals surface area (Å²) in [4.78, 5) is 13.3. The highest BCUT2D eigenvalue weighted by atomic mass is 32.2. The van der Waals surface area contributed by atoms with Crippen molar-refractivity contribution in [2.45, 2.75) is 32.6 Å². The zero-order valence-corrected chi connectivity index (χ0v) is 19.5. The lowest BCUT2D eigenvalue weighted by Gasteiger charge is -2.23. The quantitative estimate of drug-likeness (QED) is 0.489. The van der Waals surface area contributed by atoms with E-state index in [1.165, 1.54) is 12.1 Å². The van der Waals surface area contributed by atoms with Crippen molar-refractivity contribution in [3.8, 4) is 11.5 Å². The molecule has 32 heavy (non-hydrogen) atoms. The van der Waals surface area contributed by atoms with Crippen LogP contribution in [0.5, 0.6) is 11.5 Å². The molecule has 0 aliphatic carbocycles. The van der Waals surface area contributed by atoms with E-state index in [0.717, 1.165) is 21.0 Å². The largest absolute Gasteiger partial charge is 0.494 e. The van der Waals surface area contributed by atoms with Crippen LogP contribution in [-0.2, 0) is 14.8 Å². The van der Waals surface area contributed by atoms with E-state index in [0.29, 0.717) is 18.1 Å². The molecule has 168 valence electrons. The van der Waals surface area contributed by atoms with Gasteiger partial charge in [0.15, 0.2) is 6.61 Å². The first-order valence-electron chi connectivity index (χ1n) is 10.3. The topological polar surface area (TPSA) is 72.9 Å². The van der Waals surface area contributed by atoms with Gasteiger partial charge in [-0.2, -0.15) is 4.31 Å². The molecule has 0 aliphatic rings. The van der Waals surface area contributed by atoms with E-state index >= 15 is 0 Å². The molecular weight excluding hydrogens is 426 g/mol. The molecule has 0 bridgehead atoms. The van der Waals surface area contributed by atoms with Crippen LogP contribution in [0.3, 0.4) is 0 Å². The summed E-state index contributed by atoms with van der Waals surface area (Å²) < 4.78 is 38.9. The maximum atomic E-state index is 13.5. The van der Waals surface area contributed by atoms with Crippen LogP contribution in [0, 0.1) is 20.8 Å². The van der Waals surface area contributed by atoms with Crippen molar-refractivity contribution in [1.29, 1.82) is 0 Å². The summed E-state index contributed by atoms with van der Waals surface area (Å²) in [6, 6.07) is 18.4. The minimum atomic E-state index is -4.16. The van der Waals surface area contributed by atoms with E-state index in [1.54, 1.807) is 36.4 Å². The van der Waals surface area contributed by atoms with E-state index in [2.05, 4.69) is 0 Å². The Morgan fingerprint density at radius 2 is 1.44 bits per heavy atom. The van der Waals surface area contributed by atoms with Crippen LogP contribution < -0.4 is 13.8 Å². The zero-order valence-electron chi connectivity index (χ0n) is 18.7. The maximum absolute atomic E-state index is 13.5. The molecule has 0 fully saturated rings. The van der Waals surface area contributed by atoms with Crippen molar-refractivity contribution in [1.82, 2.24) is 0 Å². The molecule has 0 aromatic heterocycles. The molecule has 0 saturated heterocycles. The van der Waals surface area contributed by atoms with Gasteiger partial charge in [-0.3, -0.25) is 4.79 Å². The minimum Gasteiger partial charge on any atom is -0.494 e. The fraction of sp³-hybridized carbons (Fsp3) is 0.240. The lowest BCUT2D eigenvalue weighted by Crippen LogP contribution is -2.40. The van der Waals surface area contributed by atoms with Gasteiger partial charge in [-0.05, 0) is 75.2 Å². The molecule has 3 rings (SSSR count). The highest BCUT2D eigenvalue weighted by Crippen LogP contribution is 2.28. The van der Waals surface area contributed by atoms with Gasteiger partial charge >= 0.3 is 0 Å². The number of nitrogens with zero attached hydrogens (tertiary/aromatic N) is 1. The number of para-hydroxylation sites is 1. The number of benzene rings is 3. The fourth-order valence-electron chi connectivity index (χ4n) is 3.30. The van der Waals surface area contributed by atoms with Gasteiger partial charge in [0.2, 0.25) is 0 Å². The Balaban J connectivity index is 1.97. The molecule has 3 aromatic carbocycles. The van der Waals surface area contributed by atoms with E-state index in [-0.39, 0.29) is 10.6 Å². The summed E-state index contributed by atoms with van der Waals surface area (Å²) in [7, 11) is -4.16. The number of amides is 1. The average Bonchev–Trinajstić information content (AvgIpc) is 2.75. The summed E-state index contributed by atoms with van der Waals surface area (Å²) in [5, 5.41) is 0. The second kappa shape index (κ2) is 9.87. The second-order valence-corrected chi connectivity index (χ2v) is 9.20. The Labute approximate surface area is 189 Å². The van der Waals surface area contributed by atoms with Crippen LogP contribution >= 0.6 is 0 Å². The summed E-state index contributed by atoms with van der Waals surface area (Å²) >= 11 is 0. The monoisotopic (exact) mass is 453 g/mol. The van der Waals surface area contributed by atoms with Gasteiger partial charge in [-0.25, -0.2) is 8.42 Å². The normalized spacial score (nSPS) is 11.1. The minimum absolute atomic E-state index is 0.0254. The maximum Gasteiger partial charge on any atom is 0.278 e. The van der Waals surface area contributed by atoms with Gasteiger partial charge in [0.05, 0.1) is 17.2 Å². The van der Waals surface area contributed by atoms with Crippen molar-refractivity contribution < 1.29 is 22.7 Å². The molecule has 7 heteroatoms. The third-order valence-corrected chi connectivity index (χ3v) is 6.68. The third kappa shape index (κ3) is 5.11. The van der Waals surface area contributed by atoms with Gasteiger partial charge in [-0.1, -0.05) is 35.9 Å². The number of sulfonamides is 1. The molecule has 0 heterocycles. The van der Waals surface area contributed by atoms with E-state index < -0.39 is 22.5 Å². The first-order valence-corrected chi connectivity index (χ1v) is 11.7. The Hall–Kier alpha value is -3.32. The van der Waals surface area contributed by atoms with Crippen molar-refractivity contribution >= 4 is 21.6 Å². The van der Waals surface area contributed by atoms with Gasteiger partial charge in [-0.15, -0.1) is 0 Å². The number of hydrogen-bond donors (Lipinski definition) is 0. The molecule has 0 saturated carbocycles. The van der Waals surface area contributed by atoms with Crippen LogP contribution in [0.1, 0.15) is 23.6 Å². The molecule has 0 aliphatic heterocycles. The van der Waals surface area contributed by atoms with Crippen LogP contribution in [0.25, 0.3) is 0 Å². The second-order valence-electron chi connectivity index (χ2n) is 7.41. The third-order valence-electron chi connectivity index (χ3n) is 4.92. The summed E-state index contributed by atoms with van der Waals surface area (Å²) in [5.41, 5.74) is 2.86. The Bertz CT molecular complexity index is 1170. The predicted octanol–water partition coefficient (Wildman–Crippen LogP) is 4.81. The number of rotatable bonds is 8. The highest BCUT2D eigenvalue weighted by Gasteiger charge is 2.31. The number of anilines is 1. The van der Waals surface area contributed by atoms with Gasteiger partial charge in [0, 0.05) is 0 Å². The van der Waals surface area contributed by atoms with Crippen molar-refractivity contribution in [2.75, 3.05) is 17.5 Å². The van der Waals surface area contributed by atoms with Crippen molar-refractivity contribution in [2.24, 2.45) is 0 Å². The number of carbonyl (C=O) groups excluding carboxylic acids is 1. The Morgan fingerprint density at radius 1 is 0.844 bits per heavy atom. The molecule has 0 spiro atoms. The number of hydrogen-bond acceptors (Lipinski definition) is 5. The van der Waals surface area contributed by atoms with E-state index in [1.807, 2.05) is 45.9 Å². The zero-order chi connectivity index (χ0) is 23.3. The van der Waals surface area contributed by atoms with Crippen LogP contribution in [0.4, 0.5) is 5.69 Å². The summed E-state index contributed by atoms with van der Waals surface area (Å²) in [6.07, 6.45) is 0. The van der Waals surface area contributed by atoms with Crippen molar-refractivity contribution in [3.63, 3.8) is 0 Å². The van der Waals surface area contributed by atoms with Crippen LogP contribution in [0.15, 0.2) is 71.6 Å². The highest BCUT2D eigenvalue weighted by molar-refractivity contribution is 7.93. The van der Waals surface area contributed by atoms with Gasteiger partial charge in [0.25, 0.3) is 15.9 Å². The van der Waals surface area contributed by atoms with Crippen LogP contribution in [-0.4, -0.2) is 27.5 Å². The summed E-state index contributed by atoms with van der Waals surface area (Å²) in [6.45, 7) is 7.53. The van der Waals surface area contributed by atoms with E-state index in [4.69, 9.17) is 9.47 Å². The average molecular weight is 454 g/mol. The number of aryl methyl sites for hydroxylation is 3. The van der Waals surface area contributed by atoms with Crippen molar-refractivity contribution in [3.05, 3.63) is 83.4 Å². The lowest BCUT2D eigenvalue weighted by molar-refractivity contribution is -0.119. The predicted molar refractivity (Wildman–Crippen MR) is 125 cm³/mol. The molecule has 3 aromatic rings. The Morgan fingerprint density at radius 3 is 2.00 bits per heavy atom.